The molecule has 2 heterocycles. The summed E-state index contributed by atoms with van der Waals surface area (Å²) in [6.07, 6.45) is 11.8. The topological polar surface area (TPSA) is 55.0 Å². The summed E-state index contributed by atoms with van der Waals surface area (Å²) in [5, 5.41) is 0. The zero-order chi connectivity index (χ0) is 14.7. The largest absolute Gasteiger partial charge is 0.369 e. The van der Waals surface area contributed by atoms with Crippen LogP contribution in [0.4, 0.5) is 5.69 Å². The van der Waals surface area contributed by atoms with Gasteiger partial charge >= 0.3 is 0 Å². The van der Waals surface area contributed by atoms with E-state index in [2.05, 4.69) is 23.0 Å². The first-order valence-electron chi connectivity index (χ1n) is 8.64. The van der Waals surface area contributed by atoms with Gasteiger partial charge in [0, 0.05) is 31.5 Å². The number of nitrogens with two attached hydrogens (primary N) is 1. The molecule has 1 aromatic heterocycles. The second kappa shape index (κ2) is 6.73. The average molecular weight is 288 g/mol. The Balaban J connectivity index is 1.87. The van der Waals surface area contributed by atoms with E-state index in [-0.39, 0.29) is 0 Å². The van der Waals surface area contributed by atoms with E-state index in [4.69, 9.17) is 10.7 Å². The van der Waals surface area contributed by atoms with Crippen LogP contribution in [0.5, 0.6) is 0 Å². The van der Waals surface area contributed by atoms with E-state index >= 15 is 0 Å². The molecule has 1 aliphatic heterocycles. The maximum atomic E-state index is 6.04. The fourth-order valence-electron chi connectivity index (χ4n) is 3.66. The van der Waals surface area contributed by atoms with Crippen LogP contribution in [0.1, 0.15) is 69.3 Å². The Morgan fingerprint density at radius 3 is 2.52 bits per heavy atom. The van der Waals surface area contributed by atoms with Gasteiger partial charge in [-0.2, -0.15) is 0 Å². The standard InChI is InChI=1S/C17H28N4/c1-2-16-19-12-15(21-10-8-14(18)9-11-21)17(20-16)13-6-4-3-5-7-13/h12-14H,2-11,18H2,1H3. The maximum absolute atomic E-state index is 6.04. The summed E-state index contributed by atoms with van der Waals surface area (Å²) >= 11 is 0. The lowest BCUT2D eigenvalue weighted by atomic mass is 9.86. The second-order valence-corrected chi connectivity index (χ2v) is 6.57. The smallest absolute Gasteiger partial charge is 0.128 e. The summed E-state index contributed by atoms with van der Waals surface area (Å²) in [6.45, 7) is 4.24. The average Bonchev–Trinajstić information content (AvgIpc) is 2.56. The molecular weight excluding hydrogens is 260 g/mol. The van der Waals surface area contributed by atoms with Crippen LogP contribution in [0.15, 0.2) is 6.20 Å². The fourth-order valence-corrected chi connectivity index (χ4v) is 3.66. The van der Waals surface area contributed by atoms with Crippen molar-refractivity contribution in [3.63, 3.8) is 0 Å². The Hall–Kier alpha value is -1.16. The van der Waals surface area contributed by atoms with Gasteiger partial charge in [0.05, 0.1) is 17.6 Å². The van der Waals surface area contributed by atoms with Crippen LogP contribution in [-0.2, 0) is 6.42 Å². The first kappa shape index (κ1) is 14.8. The summed E-state index contributed by atoms with van der Waals surface area (Å²) in [6, 6.07) is 0.371. The number of aromatic nitrogens is 2. The Bertz CT molecular complexity index is 460. The minimum absolute atomic E-state index is 0.371. The summed E-state index contributed by atoms with van der Waals surface area (Å²) in [5.41, 5.74) is 8.64. The number of nitrogens with zero attached hydrogens (tertiary/aromatic N) is 3. The SMILES string of the molecule is CCc1ncc(N2CCC(N)CC2)c(C2CCCCC2)n1. The number of aryl methyl sites for hydroxylation is 1. The van der Waals surface area contributed by atoms with Gasteiger partial charge in [-0.1, -0.05) is 26.2 Å². The molecule has 0 unspecified atom stereocenters. The van der Waals surface area contributed by atoms with Crippen molar-refractivity contribution in [3.05, 3.63) is 17.7 Å². The normalized spacial score (nSPS) is 21.7. The molecule has 0 amide bonds. The van der Waals surface area contributed by atoms with Gasteiger partial charge in [0.25, 0.3) is 0 Å². The molecule has 1 aliphatic carbocycles. The van der Waals surface area contributed by atoms with Crippen molar-refractivity contribution in [2.75, 3.05) is 18.0 Å². The van der Waals surface area contributed by atoms with E-state index in [0.717, 1.165) is 38.2 Å². The highest BCUT2D eigenvalue weighted by Gasteiger charge is 2.25. The van der Waals surface area contributed by atoms with Crippen LogP contribution >= 0.6 is 0 Å². The first-order valence-corrected chi connectivity index (χ1v) is 8.64. The zero-order valence-corrected chi connectivity index (χ0v) is 13.2. The van der Waals surface area contributed by atoms with Crippen LogP contribution in [-0.4, -0.2) is 29.1 Å². The molecule has 0 atom stereocenters. The summed E-state index contributed by atoms with van der Waals surface area (Å²) in [5.74, 6) is 1.63. The van der Waals surface area contributed by atoms with Crippen LogP contribution in [0, 0.1) is 0 Å². The van der Waals surface area contributed by atoms with E-state index in [0.29, 0.717) is 12.0 Å². The van der Waals surface area contributed by atoms with Crippen LogP contribution < -0.4 is 10.6 Å². The molecule has 0 radical (unpaired) electrons. The van der Waals surface area contributed by atoms with Gasteiger partial charge in [-0.25, -0.2) is 9.97 Å². The van der Waals surface area contributed by atoms with Crippen molar-refractivity contribution in [1.82, 2.24) is 9.97 Å². The molecule has 1 saturated heterocycles. The lowest BCUT2D eigenvalue weighted by Gasteiger charge is -2.34. The van der Waals surface area contributed by atoms with Gasteiger partial charge in [0.2, 0.25) is 0 Å². The summed E-state index contributed by atoms with van der Waals surface area (Å²) < 4.78 is 0. The predicted molar refractivity (Wildman–Crippen MR) is 86.7 cm³/mol. The van der Waals surface area contributed by atoms with Gasteiger partial charge < -0.3 is 10.6 Å². The van der Waals surface area contributed by atoms with Gasteiger partial charge in [-0.15, -0.1) is 0 Å². The van der Waals surface area contributed by atoms with Gasteiger partial charge in [-0.05, 0) is 25.7 Å². The highest BCUT2D eigenvalue weighted by atomic mass is 15.2. The van der Waals surface area contributed by atoms with Crippen molar-refractivity contribution in [2.45, 2.75) is 70.3 Å². The molecular formula is C17H28N4. The molecule has 4 heteroatoms. The number of hydrogen-bond donors (Lipinski definition) is 1. The predicted octanol–water partition coefficient (Wildman–Crippen LogP) is 3.01. The zero-order valence-electron chi connectivity index (χ0n) is 13.2. The Morgan fingerprint density at radius 1 is 1.14 bits per heavy atom. The minimum Gasteiger partial charge on any atom is -0.369 e. The monoisotopic (exact) mass is 288 g/mol. The van der Waals surface area contributed by atoms with Crippen LogP contribution in [0.3, 0.4) is 0 Å². The van der Waals surface area contributed by atoms with Gasteiger partial charge in [-0.3, -0.25) is 0 Å². The third-order valence-corrected chi connectivity index (χ3v) is 5.04. The van der Waals surface area contributed by atoms with Crippen molar-refractivity contribution in [1.29, 1.82) is 0 Å². The van der Waals surface area contributed by atoms with E-state index in [9.17, 15) is 0 Å². The molecule has 4 nitrogen and oxygen atoms in total. The number of piperidine rings is 1. The lowest BCUT2D eigenvalue weighted by Crippen LogP contribution is -2.40. The van der Waals surface area contributed by atoms with E-state index in [1.54, 1.807) is 0 Å². The van der Waals surface area contributed by atoms with Crippen molar-refractivity contribution >= 4 is 5.69 Å². The molecule has 116 valence electrons. The minimum atomic E-state index is 0.371. The lowest BCUT2D eigenvalue weighted by molar-refractivity contribution is 0.432. The Kier molecular flexibility index (Phi) is 4.73. The third-order valence-electron chi connectivity index (χ3n) is 5.04. The fraction of sp³-hybridized carbons (Fsp3) is 0.765. The molecule has 2 fully saturated rings. The Morgan fingerprint density at radius 2 is 1.86 bits per heavy atom. The number of hydrogen-bond acceptors (Lipinski definition) is 4. The van der Waals surface area contributed by atoms with Crippen LogP contribution in [0.2, 0.25) is 0 Å². The van der Waals surface area contributed by atoms with E-state index < -0.39 is 0 Å². The van der Waals surface area contributed by atoms with E-state index in [1.807, 2.05) is 0 Å². The van der Waals surface area contributed by atoms with Gasteiger partial charge in [0.15, 0.2) is 0 Å². The molecule has 1 aromatic rings. The maximum Gasteiger partial charge on any atom is 0.128 e. The van der Waals surface area contributed by atoms with Crippen LogP contribution in [0.25, 0.3) is 0 Å². The number of anilines is 1. The quantitative estimate of drug-likeness (QED) is 0.929. The molecule has 2 aliphatic rings. The van der Waals surface area contributed by atoms with Crippen molar-refractivity contribution in [2.24, 2.45) is 5.73 Å². The second-order valence-electron chi connectivity index (χ2n) is 6.57. The molecule has 0 bridgehead atoms. The molecule has 2 N–H and O–H groups in total. The Labute approximate surface area is 128 Å². The third kappa shape index (κ3) is 3.37. The highest BCUT2D eigenvalue weighted by molar-refractivity contribution is 5.51. The number of rotatable bonds is 3. The molecule has 0 aromatic carbocycles. The molecule has 3 rings (SSSR count). The van der Waals surface area contributed by atoms with E-state index in [1.165, 1.54) is 43.5 Å². The highest BCUT2D eigenvalue weighted by Crippen LogP contribution is 2.37. The molecule has 21 heavy (non-hydrogen) atoms. The van der Waals surface area contributed by atoms with Crippen molar-refractivity contribution in [3.8, 4) is 0 Å². The summed E-state index contributed by atoms with van der Waals surface area (Å²) in [7, 11) is 0. The molecule has 1 saturated carbocycles. The summed E-state index contributed by atoms with van der Waals surface area (Å²) in [4.78, 5) is 12.0. The van der Waals surface area contributed by atoms with Gasteiger partial charge in [0.1, 0.15) is 5.82 Å². The molecule has 0 spiro atoms. The van der Waals surface area contributed by atoms with Crippen molar-refractivity contribution < 1.29 is 0 Å². The first-order chi connectivity index (χ1) is 10.3.